The van der Waals surface area contributed by atoms with Gasteiger partial charge in [0.1, 0.15) is 7.05 Å². The Morgan fingerprint density at radius 3 is 2.75 bits per heavy atom. The Hall–Kier alpha value is -2.18. The number of methoxy groups -OCH3 is 1. The smallest absolute Gasteiger partial charge is 0.293 e. The fourth-order valence-electron chi connectivity index (χ4n) is 1.47. The summed E-state index contributed by atoms with van der Waals surface area (Å²) in [5.41, 5.74) is 0.941. The van der Waals surface area contributed by atoms with E-state index in [-0.39, 0.29) is 11.3 Å². The molecule has 0 spiro atoms. The molecule has 0 atom stereocenters. The summed E-state index contributed by atoms with van der Waals surface area (Å²) < 4.78 is 6.60. The molecule has 7 heteroatoms. The molecule has 0 radical (unpaired) electrons. The number of ether oxygens (including phenoxy) is 1. The van der Waals surface area contributed by atoms with Crippen LogP contribution in [-0.2, 0) is 7.05 Å². The molecule has 2 rings (SSSR count). The second-order valence-electron chi connectivity index (χ2n) is 3.34. The van der Waals surface area contributed by atoms with Crippen LogP contribution in [0.1, 0.15) is 5.69 Å². The van der Waals surface area contributed by atoms with E-state index in [2.05, 4.69) is 20.3 Å². The van der Waals surface area contributed by atoms with Crippen LogP contribution < -0.4 is 15.0 Å². The predicted molar refractivity (Wildman–Crippen MR) is 54.9 cm³/mol. The molecule has 0 saturated carbocycles. The predicted octanol–water partition coefficient (Wildman–Crippen LogP) is -0.698. The van der Waals surface area contributed by atoms with Crippen LogP contribution in [0.2, 0.25) is 0 Å². The molecule has 2 N–H and O–H groups in total. The minimum absolute atomic E-state index is 0.231. The van der Waals surface area contributed by atoms with Crippen LogP contribution in [0.3, 0.4) is 0 Å². The molecule has 2 aromatic heterocycles. The summed E-state index contributed by atoms with van der Waals surface area (Å²) in [5, 5.41) is 6.55. The molecule has 0 bridgehead atoms. The average molecular weight is 222 g/mol. The lowest BCUT2D eigenvalue weighted by molar-refractivity contribution is -0.720. The number of aromatic amines is 2. The first-order valence-corrected chi connectivity index (χ1v) is 4.68. The Balaban J connectivity index is 2.61. The Morgan fingerprint density at radius 1 is 1.50 bits per heavy atom. The molecule has 0 aliphatic carbocycles. The maximum atomic E-state index is 11.6. The lowest BCUT2D eigenvalue weighted by Crippen LogP contribution is -2.33. The Morgan fingerprint density at radius 2 is 2.25 bits per heavy atom. The highest BCUT2D eigenvalue weighted by molar-refractivity contribution is 5.44. The molecule has 2 aromatic rings. The van der Waals surface area contributed by atoms with Gasteiger partial charge in [-0.2, -0.15) is 4.68 Å². The van der Waals surface area contributed by atoms with Gasteiger partial charge in [-0.15, -0.1) is 0 Å². The summed E-state index contributed by atoms with van der Waals surface area (Å²) >= 11 is 0. The zero-order valence-corrected chi connectivity index (χ0v) is 9.24. The topological polar surface area (TPSA) is 87.5 Å². The number of hydrogen-bond donors (Lipinski definition) is 2. The van der Waals surface area contributed by atoms with Gasteiger partial charge >= 0.3 is 0 Å². The molecule has 0 unspecified atom stereocenters. The van der Waals surface area contributed by atoms with E-state index in [1.54, 1.807) is 24.9 Å². The Bertz CT molecular complexity index is 572. The number of rotatable bonds is 2. The second kappa shape index (κ2) is 3.76. The van der Waals surface area contributed by atoms with Crippen molar-refractivity contribution in [2.75, 3.05) is 7.11 Å². The summed E-state index contributed by atoms with van der Waals surface area (Å²) in [6, 6.07) is 0. The third kappa shape index (κ3) is 1.56. The van der Waals surface area contributed by atoms with Gasteiger partial charge in [0.15, 0.2) is 5.82 Å². The molecular weight excluding hydrogens is 210 g/mol. The summed E-state index contributed by atoms with van der Waals surface area (Å²) in [4.78, 5) is 18.5. The molecule has 0 amide bonds. The van der Waals surface area contributed by atoms with Gasteiger partial charge in [0.05, 0.1) is 12.8 Å². The van der Waals surface area contributed by atoms with Crippen molar-refractivity contribution in [1.82, 2.24) is 20.3 Å². The second-order valence-corrected chi connectivity index (χ2v) is 3.34. The van der Waals surface area contributed by atoms with Gasteiger partial charge in [0.25, 0.3) is 5.56 Å². The number of nitrogens with zero attached hydrogens (tertiary/aromatic N) is 3. The van der Waals surface area contributed by atoms with E-state index < -0.39 is 0 Å². The first-order valence-electron chi connectivity index (χ1n) is 4.68. The quantitative estimate of drug-likeness (QED) is 0.658. The molecule has 0 saturated heterocycles. The van der Waals surface area contributed by atoms with Crippen LogP contribution in [0.25, 0.3) is 11.5 Å². The summed E-state index contributed by atoms with van der Waals surface area (Å²) in [6.45, 7) is 1.72. The van der Waals surface area contributed by atoms with E-state index in [0.717, 1.165) is 0 Å². The van der Waals surface area contributed by atoms with E-state index in [4.69, 9.17) is 4.74 Å². The normalized spacial score (nSPS) is 10.4. The van der Waals surface area contributed by atoms with Crippen molar-refractivity contribution in [1.29, 1.82) is 0 Å². The third-order valence-corrected chi connectivity index (χ3v) is 2.25. The summed E-state index contributed by atoms with van der Waals surface area (Å²) in [7, 11) is 3.22. The molecule has 0 aliphatic heterocycles. The number of nitrogens with one attached hydrogen (secondary N) is 2. The lowest BCUT2D eigenvalue weighted by atomic mass is 10.3. The van der Waals surface area contributed by atoms with E-state index in [9.17, 15) is 4.79 Å². The number of aromatic nitrogens is 5. The molecule has 0 fully saturated rings. The van der Waals surface area contributed by atoms with Gasteiger partial charge in [-0.3, -0.25) is 4.79 Å². The molecule has 0 aliphatic rings. The van der Waals surface area contributed by atoms with Crippen molar-refractivity contribution in [2.24, 2.45) is 7.05 Å². The van der Waals surface area contributed by atoms with Gasteiger partial charge in [0, 0.05) is 5.10 Å². The fraction of sp³-hybridized carbons (Fsp3) is 0.333. The van der Waals surface area contributed by atoms with Gasteiger partial charge in [-0.25, -0.2) is 4.98 Å². The Labute approximate surface area is 91.1 Å². The highest BCUT2D eigenvalue weighted by Crippen LogP contribution is 2.12. The van der Waals surface area contributed by atoms with Crippen LogP contribution in [0.4, 0.5) is 0 Å². The first-order chi connectivity index (χ1) is 7.63. The number of H-pyrrole nitrogens is 2. The number of aryl methyl sites for hydroxylation is 2. The lowest BCUT2D eigenvalue weighted by Gasteiger charge is -2.03. The largest absolute Gasteiger partial charge is 0.490 e. The van der Waals surface area contributed by atoms with Gasteiger partial charge < -0.3 is 9.72 Å². The van der Waals surface area contributed by atoms with Crippen molar-refractivity contribution in [3.63, 3.8) is 0 Å². The van der Waals surface area contributed by atoms with Gasteiger partial charge in [-0.1, -0.05) is 5.21 Å². The van der Waals surface area contributed by atoms with E-state index in [0.29, 0.717) is 17.2 Å². The standard InChI is InChI=1S/C9H11N5O2/c1-5-7(16-3)9(15)12-8(11-5)6-4-10-13-14(6)2/h4H,1-3H3,(H,11,12,15)/p+1. The highest BCUT2D eigenvalue weighted by Gasteiger charge is 2.16. The average Bonchev–Trinajstić information content (AvgIpc) is 2.64. The first kappa shape index (κ1) is 10.3. The summed E-state index contributed by atoms with van der Waals surface area (Å²) in [6.07, 6.45) is 1.59. The third-order valence-electron chi connectivity index (χ3n) is 2.25. The number of hydrogen-bond acceptors (Lipinski definition) is 4. The van der Waals surface area contributed by atoms with Crippen LogP contribution in [0, 0.1) is 6.92 Å². The maximum Gasteiger partial charge on any atom is 0.293 e. The highest BCUT2D eigenvalue weighted by atomic mass is 16.5. The van der Waals surface area contributed by atoms with Crippen LogP contribution in [0.5, 0.6) is 5.75 Å². The van der Waals surface area contributed by atoms with E-state index in [1.165, 1.54) is 7.11 Å². The zero-order chi connectivity index (χ0) is 11.7. The van der Waals surface area contributed by atoms with Gasteiger partial charge in [-0.05, 0) is 6.92 Å². The van der Waals surface area contributed by atoms with E-state index in [1.807, 2.05) is 0 Å². The molecule has 0 aromatic carbocycles. The molecule has 16 heavy (non-hydrogen) atoms. The maximum absolute atomic E-state index is 11.6. The SMILES string of the molecule is COc1c(C)nc(-c2cn[nH][n+]2C)[nH]c1=O. The van der Waals surface area contributed by atoms with Crippen LogP contribution in [-0.4, -0.2) is 27.4 Å². The minimum atomic E-state index is -0.300. The van der Waals surface area contributed by atoms with Crippen molar-refractivity contribution < 1.29 is 9.42 Å². The summed E-state index contributed by atoms with van der Waals surface area (Å²) in [5.74, 6) is 0.689. The van der Waals surface area contributed by atoms with Crippen LogP contribution >= 0.6 is 0 Å². The van der Waals surface area contributed by atoms with Crippen molar-refractivity contribution in [3.8, 4) is 17.3 Å². The minimum Gasteiger partial charge on any atom is -0.490 e. The van der Waals surface area contributed by atoms with Crippen molar-refractivity contribution in [3.05, 3.63) is 22.2 Å². The molecular formula is C9H12N5O2+. The van der Waals surface area contributed by atoms with Crippen LogP contribution in [0.15, 0.2) is 11.0 Å². The monoisotopic (exact) mass is 222 g/mol. The van der Waals surface area contributed by atoms with Gasteiger partial charge in [0.2, 0.25) is 17.6 Å². The fourth-order valence-corrected chi connectivity index (χ4v) is 1.47. The molecule has 2 heterocycles. The zero-order valence-electron chi connectivity index (χ0n) is 9.24. The molecule has 7 nitrogen and oxygen atoms in total. The van der Waals surface area contributed by atoms with Crippen molar-refractivity contribution >= 4 is 0 Å². The Kier molecular flexibility index (Phi) is 2.43. The van der Waals surface area contributed by atoms with E-state index >= 15 is 0 Å². The van der Waals surface area contributed by atoms with Crippen molar-refractivity contribution in [2.45, 2.75) is 6.92 Å². The molecule has 84 valence electrons.